The van der Waals surface area contributed by atoms with Crippen molar-refractivity contribution in [2.24, 2.45) is 0 Å². The first-order chi connectivity index (χ1) is 8.56. The van der Waals surface area contributed by atoms with Crippen molar-refractivity contribution in [3.05, 3.63) is 51.6 Å². The predicted octanol–water partition coefficient (Wildman–Crippen LogP) is 3.72. The van der Waals surface area contributed by atoms with Gasteiger partial charge in [-0.25, -0.2) is 4.79 Å². The number of nitrogen functional groups attached to an aromatic ring is 1. The maximum absolute atomic E-state index is 10.7. The van der Waals surface area contributed by atoms with E-state index in [4.69, 9.17) is 10.8 Å². The molecule has 2 aromatic rings. The molecule has 0 amide bonds. The molecule has 5 heteroatoms. The van der Waals surface area contributed by atoms with Crippen molar-refractivity contribution in [2.75, 3.05) is 5.73 Å². The van der Waals surface area contributed by atoms with Crippen molar-refractivity contribution in [3.8, 4) is 0 Å². The minimum Gasteiger partial charge on any atom is -0.478 e. The summed E-state index contributed by atoms with van der Waals surface area (Å²) in [5.41, 5.74) is 6.82. The van der Waals surface area contributed by atoms with E-state index in [2.05, 4.69) is 22.6 Å². The average Bonchev–Trinajstić information content (AvgIpc) is 2.34. The molecule has 3 nitrogen and oxygen atoms in total. The summed E-state index contributed by atoms with van der Waals surface area (Å²) in [4.78, 5) is 12.8. The summed E-state index contributed by atoms with van der Waals surface area (Å²) in [7, 11) is 0. The van der Waals surface area contributed by atoms with Gasteiger partial charge in [-0.3, -0.25) is 0 Å². The van der Waals surface area contributed by atoms with Crippen LogP contribution in [0.3, 0.4) is 0 Å². The van der Waals surface area contributed by atoms with E-state index in [1.165, 1.54) is 0 Å². The van der Waals surface area contributed by atoms with Gasteiger partial charge in [0.05, 0.1) is 5.56 Å². The Morgan fingerprint density at radius 2 is 1.72 bits per heavy atom. The van der Waals surface area contributed by atoms with Crippen LogP contribution >= 0.6 is 34.4 Å². The molecule has 0 bridgehead atoms. The number of benzene rings is 2. The van der Waals surface area contributed by atoms with E-state index < -0.39 is 5.97 Å². The van der Waals surface area contributed by atoms with Gasteiger partial charge in [-0.2, -0.15) is 0 Å². The fourth-order valence-electron chi connectivity index (χ4n) is 1.37. The van der Waals surface area contributed by atoms with E-state index in [1.807, 2.05) is 18.2 Å². The van der Waals surface area contributed by atoms with Gasteiger partial charge in [0.15, 0.2) is 0 Å². The number of carboxylic acids is 1. The van der Waals surface area contributed by atoms with Gasteiger partial charge in [-0.1, -0.05) is 11.8 Å². The molecule has 2 rings (SSSR count). The van der Waals surface area contributed by atoms with E-state index in [1.54, 1.807) is 36.0 Å². The molecule has 0 spiro atoms. The highest BCUT2D eigenvalue weighted by molar-refractivity contribution is 14.1. The summed E-state index contributed by atoms with van der Waals surface area (Å²) in [6.45, 7) is 0. The summed E-state index contributed by atoms with van der Waals surface area (Å²) in [5, 5.41) is 8.81. The highest BCUT2D eigenvalue weighted by Crippen LogP contribution is 2.30. The quantitative estimate of drug-likeness (QED) is 0.638. The third-order valence-electron chi connectivity index (χ3n) is 2.31. The second-order valence-corrected chi connectivity index (χ2v) is 5.92. The van der Waals surface area contributed by atoms with Crippen molar-refractivity contribution in [1.29, 1.82) is 0 Å². The molecule has 0 fully saturated rings. The topological polar surface area (TPSA) is 63.3 Å². The van der Waals surface area contributed by atoms with Crippen molar-refractivity contribution < 1.29 is 9.90 Å². The number of anilines is 1. The minimum absolute atomic E-state index is 0.297. The third kappa shape index (κ3) is 3.17. The van der Waals surface area contributed by atoms with Crippen molar-refractivity contribution >= 4 is 46.0 Å². The lowest BCUT2D eigenvalue weighted by atomic mass is 10.2. The molecule has 0 saturated carbocycles. The molecule has 0 radical (unpaired) electrons. The number of hydrogen-bond acceptors (Lipinski definition) is 3. The molecule has 0 saturated heterocycles. The first kappa shape index (κ1) is 13.2. The zero-order valence-electron chi connectivity index (χ0n) is 9.26. The fraction of sp³-hybridized carbons (Fsp3) is 0. The standard InChI is InChI=1S/C13H10INO2S/c14-11-7-10(5-6-12(11)15)18-9-3-1-8(2-4-9)13(16)17/h1-7H,15H2,(H,16,17). The Bertz CT molecular complexity index is 584. The SMILES string of the molecule is Nc1ccc(Sc2ccc(C(=O)O)cc2)cc1I. The van der Waals surface area contributed by atoms with Crippen LogP contribution in [0.2, 0.25) is 0 Å². The lowest BCUT2D eigenvalue weighted by molar-refractivity contribution is 0.0697. The number of nitrogens with two attached hydrogens (primary N) is 1. The second-order valence-electron chi connectivity index (χ2n) is 3.61. The first-order valence-electron chi connectivity index (χ1n) is 5.12. The van der Waals surface area contributed by atoms with Crippen molar-refractivity contribution in [3.63, 3.8) is 0 Å². The smallest absolute Gasteiger partial charge is 0.335 e. The van der Waals surface area contributed by atoms with Gasteiger partial charge in [-0.05, 0) is 65.1 Å². The van der Waals surface area contributed by atoms with Crippen LogP contribution in [0.15, 0.2) is 52.3 Å². The second kappa shape index (κ2) is 5.62. The number of carbonyl (C=O) groups is 1. The first-order valence-corrected chi connectivity index (χ1v) is 7.02. The maximum Gasteiger partial charge on any atom is 0.335 e. The Morgan fingerprint density at radius 3 is 2.28 bits per heavy atom. The number of rotatable bonds is 3. The van der Waals surface area contributed by atoms with E-state index in [0.29, 0.717) is 5.56 Å². The number of halogens is 1. The lowest BCUT2D eigenvalue weighted by Crippen LogP contribution is -1.94. The van der Waals surface area contributed by atoms with Gasteiger partial charge in [0.1, 0.15) is 0 Å². The normalized spacial score (nSPS) is 10.3. The van der Waals surface area contributed by atoms with Crippen LogP contribution in [0.25, 0.3) is 0 Å². The van der Waals surface area contributed by atoms with Crippen LogP contribution < -0.4 is 5.73 Å². The molecule has 92 valence electrons. The van der Waals surface area contributed by atoms with E-state index in [-0.39, 0.29) is 0 Å². The van der Waals surface area contributed by atoms with E-state index >= 15 is 0 Å². The van der Waals surface area contributed by atoms with Gasteiger partial charge < -0.3 is 10.8 Å². The largest absolute Gasteiger partial charge is 0.478 e. The molecule has 0 heterocycles. The van der Waals surface area contributed by atoms with Gasteiger partial charge in [0.2, 0.25) is 0 Å². The van der Waals surface area contributed by atoms with Crippen molar-refractivity contribution in [1.82, 2.24) is 0 Å². The van der Waals surface area contributed by atoms with Gasteiger partial charge >= 0.3 is 5.97 Å². The predicted molar refractivity (Wildman–Crippen MR) is 81.1 cm³/mol. The zero-order valence-corrected chi connectivity index (χ0v) is 12.2. The average molecular weight is 371 g/mol. The number of carboxylic acid groups (broad SMARTS) is 1. The van der Waals surface area contributed by atoms with Gasteiger partial charge in [0, 0.05) is 19.0 Å². The highest BCUT2D eigenvalue weighted by atomic mass is 127. The Morgan fingerprint density at radius 1 is 1.11 bits per heavy atom. The summed E-state index contributed by atoms with van der Waals surface area (Å²) >= 11 is 3.77. The molecule has 0 unspecified atom stereocenters. The number of hydrogen-bond donors (Lipinski definition) is 2. The van der Waals surface area contributed by atoms with E-state index in [9.17, 15) is 4.79 Å². The monoisotopic (exact) mass is 371 g/mol. The molecule has 0 atom stereocenters. The van der Waals surface area contributed by atoms with Gasteiger partial charge in [0.25, 0.3) is 0 Å². The number of aromatic carboxylic acids is 1. The van der Waals surface area contributed by atoms with Crippen LogP contribution in [0.5, 0.6) is 0 Å². The molecule has 18 heavy (non-hydrogen) atoms. The minimum atomic E-state index is -0.909. The summed E-state index contributed by atoms with van der Waals surface area (Å²) in [5.74, 6) is -0.909. The van der Waals surface area contributed by atoms with Crippen LogP contribution in [0.4, 0.5) is 5.69 Å². The summed E-state index contributed by atoms with van der Waals surface area (Å²) in [6, 6.07) is 12.6. The Labute approximate surface area is 123 Å². The molecule has 3 N–H and O–H groups in total. The Kier molecular flexibility index (Phi) is 4.13. The van der Waals surface area contributed by atoms with Crippen LogP contribution in [-0.2, 0) is 0 Å². The summed E-state index contributed by atoms with van der Waals surface area (Å²) < 4.78 is 1.01. The molecule has 2 aromatic carbocycles. The Balaban J connectivity index is 2.18. The van der Waals surface area contributed by atoms with Crippen LogP contribution in [-0.4, -0.2) is 11.1 Å². The molecule has 0 aliphatic rings. The van der Waals surface area contributed by atoms with Crippen LogP contribution in [0.1, 0.15) is 10.4 Å². The van der Waals surface area contributed by atoms with Gasteiger partial charge in [-0.15, -0.1) is 0 Å². The molecular weight excluding hydrogens is 361 g/mol. The fourth-order valence-corrected chi connectivity index (χ4v) is 2.96. The maximum atomic E-state index is 10.7. The van der Waals surface area contributed by atoms with Crippen LogP contribution in [0, 0.1) is 3.57 Å². The lowest BCUT2D eigenvalue weighted by Gasteiger charge is -2.04. The molecule has 0 aliphatic carbocycles. The third-order valence-corrected chi connectivity index (χ3v) is 4.24. The zero-order chi connectivity index (χ0) is 13.1. The Hall–Kier alpha value is -1.21. The van der Waals surface area contributed by atoms with Crippen molar-refractivity contribution in [2.45, 2.75) is 9.79 Å². The highest BCUT2D eigenvalue weighted by Gasteiger charge is 2.04. The molecule has 0 aliphatic heterocycles. The van der Waals surface area contributed by atoms with E-state index in [0.717, 1.165) is 19.0 Å². The molecule has 0 aromatic heterocycles. The molecular formula is C13H10INO2S. The summed E-state index contributed by atoms with van der Waals surface area (Å²) in [6.07, 6.45) is 0.